The van der Waals surface area contributed by atoms with Gasteiger partial charge >= 0.3 is 5.97 Å². The Balaban J connectivity index is 1.98. The molecule has 1 aromatic carbocycles. The first kappa shape index (κ1) is 16.3. The maximum absolute atomic E-state index is 12.3. The van der Waals surface area contributed by atoms with Crippen molar-refractivity contribution >= 4 is 17.6 Å². The third kappa shape index (κ3) is 3.40. The molecule has 2 atom stereocenters. The van der Waals surface area contributed by atoms with Gasteiger partial charge in [-0.1, -0.05) is 12.1 Å². The van der Waals surface area contributed by atoms with Gasteiger partial charge in [0.2, 0.25) is 0 Å². The number of piperidine rings is 1. The molecule has 0 bridgehead atoms. The van der Waals surface area contributed by atoms with Crippen molar-refractivity contribution in [2.24, 2.45) is 0 Å². The lowest BCUT2D eigenvalue weighted by Gasteiger charge is -2.38. The lowest BCUT2D eigenvalue weighted by atomic mass is 9.97. The smallest absolute Gasteiger partial charge is 0.340 e. The number of esters is 1. The van der Waals surface area contributed by atoms with Crippen LogP contribution in [0.25, 0.3) is 0 Å². The van der Waals surface area contributed by atoms with Crippen LogP contribution in [0.1, 0.15) is 49.0 Å². The molecule has 5 heteroatoms. The Morgan fingerprint density at radius 3 is 2.55 bits per heavy atom. The van der Waals surface area contributed by atoms with Gasteiger partial charge in [0.05, 0.1) is 5.56 Å². The highest BCUT2D eigenvalue weighted by atomic mass is 16.5. The Labute approximate surface area is 131 Å². The van der Waals surface area contributed by atoms with E-state index >= 15 is 0 Å². The van der Waals surface area contributed by atoms with Gasteiger partial charge in [-0.05, 0) is 51.7 Å². The van der Waals surface area contributed by atoms with E-state index in [1.54, 1.807) is 12.1 Å². The van der Waals surface area contributed by atoms with E-state index in [4.69, 9.17) is 10.5 Å². The molecule has 1 saturated heterocycles. The van der Waals surface area contributed by atoms with Gasteiger partial charge in [-0.2, -0.15) is 0 Å². The minimum Gasteiger partial charge on any atom is -0.452 e. The minimum absolute atomic E-state index is 0.140. The molecule has 0 unspecified atom stereocenters. The molecule has 120 valence electrons. The molecule has 0 spiro atoms. The van der Waals surface area contributed by atoms with Crippen LogP contribution in [-0.4, -0.2) is 35.5 Å². The Bertz CT molecular complexity index is 561. The Morgan fingerprint density at radius 1 is 1.27 bits per heavy atom. The number of rotatable bonds is 3. The lowest BCUT2D eigenvalue weighted by molar-refractivity contribution is -0.140. The molecule has 2 N–H and O–H groups in total. The van der Waals surface area contributed by atoms with Crippen LogP contribution in [0.15, 0.2) is 18.2 Å². The quantitative estimate of drug-likeness (QED) is 0.688. The highest BCUT2D eigenvalue weighted by Gasteiger charge is 2.29. The van der Waals surface area contributed by atoms with Gasteiger partial charge < -0.3 is 15.4 Å². The third-order valence-corrected chi connectivity index (χ3v) is 4.35. The highest BCUT2D eigenvalue weighted by molar-refractivity contribution is 5.96. The summed E-state index contributed by atoms with van der Waals surface area (Å²) >= 11 is 0. The second-order valence-electron chi connectivity index (χ2n) is 6.04. The maximum Gasteiger partial charge on any atom is 0.340 e. The van der Waals surface area contributed by atoms with Crippen LogP contribution in [-0.2, 0) is 9.53 Å². The molecular formula is C17H24N2O3. The van der Waals surface area contributed by atoms with Crippen LogP contribution in [0.3, 0.4) is 0 Å². The summed E-state index contributed by atoms with van der Waals surface area (Å²) in [6.07, 6.45) is 3.12. The predicted octanol–water partition coefficient (Wildman–Crippen LogP) is 2.52. The number of hydrogen-bond acceptors (Lipinski definition) is 4. The predicted molar refractivity (Wildman–Crippen MR) is 85.5 cm³/mol. The first-order valence-corrected chi connectivity index (χ1v) is 7.75. The molecule has 22 heavy (non-hydrogen) atoms. The van der Waals surface area contributed by atoms with Gasteiger partial charge in [0.1, 0.15) is 0 Å². The third-order valence-electron chi connectivity index (χ3n) is 4.35. The van der Waals surface area contributed by atoms with Crippen molar-refractivity contribution in [1.29, 1.82) is 0 Å². The molecule has 5 nitrogen and oxygen atoms in total. The highest BCUT2D eigenvalue weighted by Crippen LogP contribution is 2.23. The molecule has 1 amide bonds. The van der Waals surface area contributed by atoms with Crippen molar-refractivity contribution in [3.8, 4) is 0 Å². The molecule has 2 rings (SSSR count). The van der Waals surface area contributed by atoms with Crippen molar-refractivity contribution in [3.63, 3.8) is 0 Å². The molecule has 1 heterocycles. The average molecular weight is 304 g/mol. The number of benzene rings is 1. The summed E-state index contributed by atoms with van der Waals surface area (Å²) in [7, 11) is 0. The molecule has 0 saturated carbocycles. The fraction of sp³-hybridized carbons (Fsp3) is 0.529. The summed E-state index contributed by atoms with van der Waals surface area (Å²) < 4.78 is 5.17. The van der Waals surface area contributed by atoms with Crippen LogP contribution >= 0.6 is 0 Å². The van der Waals surface area contributed by atoms with Gasteiger partial charge in [0.15, 0.2) is 6.61 Å². The summed E-state index contributed by atoms with van der Waals surface area (Å²) in [5.74, 6) is -0.689. The topological polar surface area (TPSA) is 72.6 Å². The van der Waals surface area contributed by atoms with Gasteiger partial charge in [0.25, 0.3) is 5.91 Å². The second kappa shape index (κ2) is 6.81. The van der Waals surface area contributed by atoms with Crippen molar-refractivity contribution in [2.45, 2.75) is 52.1 Å². The van der Waals surface area contributed by atoms with Crippen molar-refractivity contribution in [2.75, 3.05) is 12.3 Å². The van der Waals surface area contributed by atoms with E-state index in [0.29, 0.717) is 11.3 Å². The monoisotopic (exact) mass is 304 g/mol. The number of likely N-dealkylation sites (tertiary alicyclic amines) is 1. The number of carbonyl (C=O) groups excluding carboxylic acids is 2. The first-order chi connectivity index (χ1) is 10.4. The Hall–Kier alpha value is -2.04. The van der Waals surface area contributed by atoms with Crippen LogP contribution in [0.5, 0.6) is 0 Å². The summed E-state index contributed by atoms with van der Waals surface area (Å²) in [6, 6.07) is 5.58. The van der Waals surface area contributed by atoms with E-state index in [2.05, 4.69) is 0 Å². The molecule has 1 aromatic rings. The molecule has 1 aliphatic heterocycles. The Kier molecular flexibility index (Phi) is 5.06. The van der Waals surface area contributed by atoms with E-state index < -0.39 is 5.97 Å². The van der Waals surface area contributed by atoms with E-state index in [1.807, 2.05) is 31.7 Å². The van der Waals surface area contributed by atoms with Gasteiger partial charge in [-0.3, -0.25) is 4.79 Å². The summed E-state index contributed by atoms with van der Waals surface area (Å²) in [6.45, 7) is 5.66. The minimum atomic E-state index is -0.549. The maximum atomic E-state index is 12.3. The molecule has 0 aromatic heterocycles. The van der Waals surface area contributed by atoms with Crippen LogP contribution in [0, 0.1) is 6.92 Å². The zero-order valence-electron chi connectivity index (χ0n) is 13.5. The van der Waals surface area contributed by atoms with Gasteiger partial charge in [-0.15, -0.1) is 0 Å². The summed E-state index contributed by atoms with van der Waals surface area (Å²) in [4.78, 5) is 26.2. The standard InChI is InChI=1S/C17H24N2O3/c1-11-6-4-9-14(16(11)18)17(21)22-10-15(20)19-12(2)7-5-8-13(19)3/h4,6,9,12-13H,5,7-8,10,18H2,1-3H3/t12-,13+. The van der Waals surface area contributed by atoms with E-state index in [-0.39, 0.29) is 24.6 Å². The van der Waals surface area contributed by atoms with Crippen molar-refractivity contribution in [3.05, 3.63) is 29.3 Å². The number of anilines is 1. The van der Waals surface area contributed by atoms with Crippen molar-refractivity contribution < 1.29 is 14.3 Å². The van der Waals surface area contributed by atoms with Crippen LogP contribution in [0.4, 0.5) is 5.69 Å². The number of para-hydroxylation sites is 1. The average Bonchev–Trinajstić information content (AvgIpc) is 2.47. The SMILES string of the molecule is Cc1cccc(C(=O)OCC(=O)N2[C@H](C)CCC[C@@H]2C)c1N. The zero-order chi connectivity index (χ0) is 16.3. The van der Waals surface area contributed by atoms with Gasteiger partial charge in [-0.25, -0.2) is 4.79 Å². The number of carbonyl (C=O) groups is 2. The number of aryl methyl sites for hydroxylation is 1. The number of nitrogens with zero attached hydrogens (tertiary/aromatic N) is 1. The number of nitrogens with two attached hydrogens (primary N) is 1. The largest absolute Gasteiger partial charge is 0.452 e. The fourth-order valence-electron chi connectivity index (χ4n) is 3.05. The molecule has 1 aliphatic rings. The van der Waals surface area contributed by atoms with Crippen molar-refractivity contribution in [1.82, 2.24) is 4.90 Å². The van der Waals surface area contributed by atoms with Crippen LogP contribution in [0.2, 0.25) is 0 Å². The lowest BCUT2D eigenvalue weighted by Crippen LogP contribution is -2.49. The van der Waals surface area contributed by atoms with E-state index in [0.717, 1.165) is 24.8 Å². The van der Waals surface area contributed by atoms with E-state index in [1.165, 1.54) is 0 Å². The Morgan fingerprint density at radius 2 is 1.91 bits per heavy atom. The number of hydrogen-bond donors (Lipinski definition) is 1. The molecule has 1 fully saturated rings. The second-order valence-corrected chi connectivity index (χ2v) is 6.04. The van der Waals surface area contributed by atoms with Crippen LogP contribution < -0.4 is 5.73 Å². The normalized spacial score (nSPS) is 21.5. The molecule has 0 radical (unpaired) electrons. The first-order valence-electron chi connectivity index (χ1n) is 7.75. The number of amides is 1. The number of ether oxygens (including phenoxy) is 1. The zero-order valence-corrected chi connectivity index (χ0v) is 13.5. The number of nitrogen functional groups attached to an aromatic ring is 1. The molecular weight excluding hydrogens is 280 g/mol. The summed E-state index contributed by atoms with van der Waals surface area (Å²) in [5, 5.41) is 0. The fourth-order valence-corrected chi connectivity index (χ4v) is 3.05. The molecule has 0 aliphatic carbocycles. The summed E-state index contributed by atoms with van der Waals surface area (Å²) in [5.41, 5.74) is 7.41. The van der Waals surface area contributed by atoms with E-state index in [9.17, 15) is 9.59 Å². The van der Waals surface area contributed by atoms with Gasteiger partial charge in [0, 0.05) is 17.8 Å².